The normalized spacial score (nSPS) is 10.2. The fourth-order valence-corrected chi connectivity index (χ4v) is 1.39. The van der Waals surface area contributed by atoms with E-state index >= 15 is 0 Å². The SMILES string of the molecule is COc1c(F)cc(CCO)cc1Cl. The molecule has 72 valence electrons. The van der Waals surface area contributed by atoms with Crippen LogP contribution in [0.5, 0.6) is 5.75 Å². The molecule has 13 heavy (non-hydrogen) atoms. The molecule has 0 aliphatic rings. The number of hydrogen-bond donors (Lipinski definition) is 1. The minimum absolute atomic E-state index is 0.0257. The molecule has 0 bridgehead atoms. The second kappa shape index (κ2) is 4.44. The van der Waals surface area contributed by atoms with Crippen LogP contribution in [-0.2, 0) is 6.42 Å². The van der Waals surface area contributed by atoms with Crippen molar-refractivity contribution in [3.05, 3.63) is 28.5 Å². The number of halogens is 2. The van der Waals surface area contributed by atoms with Crippen molar-refractivity contribution in [2.75, 3.05) is 13.7 Å². The van der Waals surface area contributed by atoms with Gasteiger partial charge in [0.05, 0.1) is 12.1 Å². The Labute approximate surface area is 80.9 Å². The third-order valence-electron chi connectivity index (χ3n) is 1.66. The lowest BCUT2D eigenvalue weighted by Crippen LogP contribution is -1.95. The summed E-state index contributed by atoms with van der Waals surface area (Å²) in [6.07, 6.45) is 0.390. The van der Waals surface area contributed by atoms with Gasteiger partial charge < -0.3 is 9.84 Å². The Bertz CT molecular complexity index is 279. The van der Waals surface area contributed by atoms with Gasteiger partial charge in [-0.1, -0.05) is 11.6 Å². The van der Waals surface area contributed by atoms with E-state index in [1.165, 1.54) is 13.2 Å². The summed E-state index contributed by atoms with van der Waals surface area (Å²) in [5, 5.41) is 8.86. The van der Waals surface area contributed by atoms with Gasteiger partial charge >= 0.3 is 0 Å². The molecule has 0 aliphatic carbocycles. The maximum atomic E-state index is 13.1. The van der Waals surface area contributed by atoms with Crippen LogP contribution in [0, 0.1) is 5.82 Å². The van der Waals surface area contributed by atoms with E-state index in [9.17, 15) is 4.39 Å². The van der Waals surface area contributed by atoms with Gasteiger partial charge in [-0.15, -0.1) is 0 Å². The van der Waals surface area contributed by atoms with E-state index in [1.54, 1.807) is 6.07 Å². The van der Waals surface area contributed by atoms with Gasteiger partial charge in [-0.3, -0.25) is 0 Å². The first-order valence-electron chi connectivity index (χ1n) is 3.81. The van der Waals surface area contributed by atoms with E-state index in [1.807, 2.05) is 0 Å². The van der Waals surface area contributed by atoms with E-state index < -0.39 is 5.82 Å². The lowest BCUT2D eigenvalue weighted by atomic mass is 10.1. The van der Waals surface area contributed by atoms with E-state index in [-0.39, 0.29) is 17.4 Å². The van der Waals surface area contributed by atoms with Gasteiger partial charge in [0.25, 0.3) is 0 Å². The maximum Gasteiger partial charge on any atom is 0.173 e. The highest BCUT2D eigenvalue weighted by molar-refractivity contribution is 6.32. The second-order valence-corrected chi connectivity index (χ2v) is 2.97. The Balaban J connectivity index is 3.05. The van der Waals surface area contributed by atoms with Crippen LogP contribution in [0.2, 0.25) is 5.02 Å². The lowest BCUT2D eigenvalue weighted by molar-refractivity contribution is 0.299. The second-order valence-electron chi connectivity index (χ2n) is 2.57. The molecule has 0 aliphatic heterocycles. The molecule has 0 heterocycles. The Morgan fingerprint density at radius 2 is 2.23 bits per heavy atom. The molecule has 0 saturated heterocycles. The molecule has 4 heteroatoms. The molecular formula is C9H10ClFO2. The topological polar surface area (TPSA) is 29.5 Å². The Hall–Kier alpha value is -0.800. The van der Waals surface area contributed by atoms with Crippen LogP contribution in [0.4, 0.5) is 4.39 Å². The predicted molar refractivity (Wildman–Crippen MR) is 48.8 cm³/mol. The molecule has 0 unspecified atom stereocenters. The highest BCUT2D eigenvalue weighted by Crippen LogP contribution is 2.28. The fourth-order valence-electron chi connectivity index (χ4n) is 1.08. The number of rotatable bonds is 3. The molecule has 0 radical (unpaired) electrons. The first-order chi connectivity index (χ1) is 6.19. The average Bonchev–Trinajstić information content (AvgIpc) is 2.04. The zero-order chi connectivity index (χ0) is 9.84. The zero-order valence-corrected chi connectivity index (χ0v) is 7.94. The van der Waals surface area contributed by atoms with Crippen molar-refractivity contribution in [1.82, 2.24) is 0 Å². The van der Waals surface area contributed by atoms with Gasteiger partial charge in [0.15, 0.2) is 11.6 Å². The highest BCUT2D eigenvalue weighted by atomic mass is 35.5. The van der Waals surface area contributed by atoms with E-state index in [4.69, 9.17) is 21.4 Å². The number of aliphatic hydroxyl groups excluding tert-OH is 1. The van der Waals surface area contributed by atoms with E-state index in [2.05, 4.69) is 0 Å². The van der Waals surface area contributed by atoms with Gasteiger partial charge in [0.1, 0.15) is 0 Å². The van der Waals surface area contributed by atoms with E-state index in [0.717, 1.165) is 0 Å². The van der Waals surface area contributed by atoms with Gasteiger partial charge in [-0.2, -0.15) is 0 Å². The van der Waals surface area contributed by atoms with Crippen molar-refractivity contribution in [2.24, 2.45) is 0 Å². The van der Waals surface area contributed by atoms with Crippen molar-refractivity contribution in [2.45, 2.75) is 6.42 Å². The van der Waals surface area contributed by atoms with Gasteiger partial charge in [0.2, 0.25) is 0 Å². The monoisotopic (exact) mass is 204 g/mol. The number of methoxy groups -OCH3 is 1. The van der Waals surface area contributed by atoms with Crippen molar-refractivity contribution in [1.29, 1.82) is 0 Å². The summed E-state index contributed by atoms with van der Waals surface area (Å²) in [7, 11) is 1.36. The summed E-state index contributed by atoms with van der Waals surface area (Å²) in [5.41, 5.74) is 0.658. The molecule has 0 saturated carbocycles. The summed E-state index contributed by atoms with van der Waals surface area (Å²) in [6.45, 7) is -0.0257. The highest BCUT2D eigenvalue weighted by Gasteiger charge is 2.09. The minimum atomic E-state index is -0.501. The molecule has 2 nitrogen and oxygen atoms in total. The van der Waals surface area contributed by atoms with Crippen LogP contribution in [0.15, 0.2) is 12.1 Å². The molecule has 0 amide bonds. The molecule has 0 spiro atoms. The summed E-state index contributed by atoms with van der Waals surface area (Å²) < 4.78 is 17.9. The minimum Gasteiger partial charge on any atom is -0.492 e. The molecule has 1 rings (SSSR count). The largest absolute Gasteiger partial charge is 0.492 e. The fraction of sp³-hybridized carbons (Fsp3) is 0.333. The van der Waals surface area contributed by atoms with Crippen molar-refractivity contribution >= 4 is 11.6 Å². The maximum absolute atomic E-state index is 13.1. The Kier molecular flexibility index (Phi) is 3.51. The predicted octanol–water partition coefficient (Wildman–Crippen LogP) is 2.02. The quantitative estimate of drug-likeness (QED) is 0.817. The summed E-state index contributed by atoms with van der Waals surface area (Å²) >= 11 is 5.72. The molecular weight excluding hydrogens is 195 g/mol. The number of hydrogen-bond acceptors (Lipinski definition) is 2. The standard InChI is InChI=1S/C9H10ClFO2/c1-13-9-7(10)4-6(2-3-12)5-8(9)11/h4-5,12H,2-3H2,1H3. The Morgan fingerprint density at radius 3 is 2.69 bits per heavy atom. The lowest BCUT2D eigenvalue weighted by Gasteiger charge is -2.06. The smallest absolute Gasteiger partial charge is 0.173 e. The van der Waals surface area contributed by atoms with Crippen LogP contribution >= 0.6 is 11.6 Å². The van der Waals surface area contributed by atoms with Crippen LogP contribution in [0.3, 0.4) is 0 Å². The molecule has 1 aromatic carbocycles. The summed E-state index contributed by atoms with van der Waals surface area (Å²) in [4.78, 5) is 0. The van der Waals surface area contributed by atoms with Gasteiger partial charge in [0, 0.05) is 6.61 Å². The number of benzene rings is 1. The molecule has 0 fully saturated rings. The van der Waals surface area contributed by atoms with Gasteiger partial charge in [-0.25, -0.2) is 4.39 Å². The zero-order valence-electron chi connectivity index (χ0n) is 7.18. The summed E-state index contributed by atoms with van der Waals surface area (Å²) in [5.74, 6) is -0.457. The van der Waals surface area contributed by atoms with Crippen molar-refractivity contribution in [3.8, 4) is 5.75 Å². The third kappa shape index (κ3) is 2.32. The van der Waals surface area contributed by atoms with E-state index in [0.29, 0.717) is 12.0 Å². The van der Waals surface area contributed by atoms with Crippen LogP contribution in [0.25, 0.3) is 0 Å². The average molecular weight is 205 g/mol. The molecule has 0 aromatic heterocycles. The number of ether oxygens (including phenoxy) is 1. The van der Waals surface area contributed by atoms with Crippen LogP contribution < -0.4 is 4.74 Å². The number of aliphatic hydroxyl groups is 1. The first-order valence-corrected chi connectivity index (χ1v) is 4.19. The third-order valence-corrected chi connectivity index (χ3v) is 1.94. The molecule has 1 aromatic rings. The molecule has 1 N–H and O–H groups in total. The Morgan fingerprint density at radius 1 is 1.54 bits per heavy atom. The summed E-state index contributed by atoms with van der Waals surface area (Å²) in [6, 6.07) is 2.89. The van der Waals surface area contributed by atoms with Crippen molar-refractivity contribution < 1.29 is 14.2 Å². The van der Waals surface area contributed by atoms with Crippen LogP contribution in [-0.4, -0.2) is 18.8 Å². The first kappa shape index (κ1) is 10.3. The van der Waals surface area contributed by atoms with Gasteiger partial charge in [-0.05, 0) is 24.1 Å². The molecule has 0 atom stereocenters. The van der Waals surface area contributed by atoms with Crippen LogP contribution in [0.1, 0.15) is 5.56 Å². The van der Waals surface area contributed by atoms with Crippen molar-refractivity contribution in [3.63, 3.8) is 0 Å².